The average molecular weight is 284 g/mol. The Balaban J connectivity index is 0. The molecule has 4 heavy (non-hydrogen) atoms. The maximum absolute atomic E-state index is 8.75. The number of hydrogen-bond acceptors (Lipinski definition) is 1. The molecule has 0 fully saturated rings. The topological polar surface area (TPSA) is 43.1 Å². The number of nitrogens with two attached hydrogens (primary N) is 1. The van der Waals surface area contributed by atoms with Crippen LogP contribution in [-0.2, 0) is 4.79 Å². The van der Waals surface area contributed by atoms with Gasteiger partial charge in [0.25, 0.3) is 0 Å². The van der Waals surface area contributed by atoms with Crippen molar-refractivity contribution in [2.24, 2.45) is 5.73 Å². The Hall–Kier alpha value is 0.522. The van der Waals surface area contributed by atoms with E-state index in [9.17, 15) is 0 Å². The zero-order chi connectivity index (χ0) is 3.41. The van der Waals surface area contributed by atoms with Crippen LogP contribution >= 0.6 is 0 Å². The molecule has 2 nitrogen and oxygen atoms in total. The zero-order valence-electron chi connectivity index (χ0n) is 2.91. The molecule has 3 heteroatoms. The van der Waals surface area contributed by atoms with Gasteiger partial charge in [0.2, 0.25) is 0 Å². The summed E-state index contributed by atoms with van der Waals surface area (Å²) < 4.78 is 5.78. The van der Waals surface area contributed by atoms with E-state index in [1.807, 2.05) is 0 Å². The maximum atomic E-state index is 8.75. The molecule has 0 radical (unpaired) electrons. The Morgan fingerprint density at radius 2 is 2.50 bits per heavy atom. The van der Waals surface area contributed by atoms with Crippen LogP contribution in [0.15, 0.2) is 0 Å². The van der Waals surface area contributed by atoms with Gasteiger partial charge in [0.15, 0.2) is 0 Å². The summed E-state index contributed by atoms with van der Waals surface area (Å²) in [5.74, 6) is 0. The quantitative estimate of drug-likeness (QED) is 0.488. The first-order chi connectivity index (χ1) is 1.91. The molecular weight excluding hydrogens is 280 g/mol. The van der Waals surface area contributed by atoms with E-state index >= 15 is 0 Å². The van der Waals surface area contributed by atoms with Crippen LogP contribution in [-0.4, -0.2) is 6.41 Å². The van der Waals surface area contributed by atoms with Gasteiger partial charge in [-0.25, -0.2) is 0 Å². The molecule has 0 bridgehead atoms. The summed E-state index contributed by atoms with van der Waals surface area (Å²) >= 11 is 0. The molecule has 0 unspecified atom stereocenters. The van der Waals surface area contributed by atoms with E-state index in [1.54, 1.807) is 0 Å². The first-order valence-electron chi connectivity index (χ1n) is 0.954. The second-order valence-corrected chi connectivity index (χ2v) is 0.102. The molecular formula is CH2NOU-. The van der Waals surface area contributed by atoms with Gasteiger partial charge in [0.1, 0.15) is 1.41 Å². The van der Waals surface area contributed by atoms with Crippen LogP contribution in [0, 0.1) is 31.1 Å². The van der Waals surface area contributed by atoms with Crippen molar-refractivity contribution in [3.05, 3.63) is 0 Å². The standard InChI is InChI=1S/CH2NO.U/c2-1-3;/h(H2,2,3);/q-1;/i/hT. The van der Waals surface area contributed by atoms with E-state index in [0.29, 0.717) is 0 Å². The number of primary amides is 1. The van der Waals surface area contributed by atoms with Crippen molar-refractivity contribution in [1.82, 2.24) is 0 Å². The van der Waals surface area contributed by atoms with Crippen LogP contribution in [0.3, 0.4) is 0 Å². The van der Waals surface area contributed by atoms with E-state index in [2.05, 4.69) is 0 Å². The predicted octanol–water partition coefficient (Wildman–Crippen LogP) is -0.988. The zero-order valence-corrected chi connectivity index (χ0v) is 6.07. The van der Waals surface area contributed by atoms with Crippen molar-refractivity contribution in [2.75, 3.05) is 0 Å². The fourth-order valence-corrected chi connectivity index (χ4v) is 0. The molecule has 0 rings (SSSR count). The Bertz CT molecular complexity index is 25.6. The average Bonchev–Trinajstić information content (AvgIpc) is 1.37. The van der Waals surface area contributed by atoms with E-state index in [4.69, 9.17) is 6.21 Å². The molecule has 1 amide bonds. The molecule has 0 saturated heterocycles. The number of carbonyl (C=O) groups excluding carboxylic acids is 1. The van der Waals surface area contributed by atoms with Crippen LogP contribution in [0.5, 0.6) is 0 Å². The Labute approximate surface area is 49.6 Å². The van der Waals surface area contributed by atoms with E-state index in [0.717, 1.165) is 6.41 Å². The van der Waals surface area contributed by atoms with E-state index in [-0.39, 0.29) is 31.1 Å². The molecule has 0 aliphatic carbocycles. The molecule has 0 saturated carbocycles. The predicted molar refractivity (Wildman–Crippen MR) is 9.88 cm³/mol. The largest absolute Gasteiger partial charge is 0.543 e. The van der Waals surface area contributed by atoms with Gasteiger partial charge in [-0.2, -0.15) is 6.41 Å². The van der Waals surface area contributed by atoms with Gasteiger partial charge in [0, 0.05) is 31.1 Å². The minimum atomic E-state index is 0. The molecule has 0 atom stereocenters. The van der Waals surface area contributed by atoms with Gasteiger partial charge in [-0.3, -0.25) is 0 Å². The van der Waals surface area contributed by atoms with Crippen molar-refractivity contribution in [3.8, 4) is 0 Å². The first kappa shape index (κ1) is 4.52. The summed E-state index contributed by atoms with van der Waals surface area (Å²) in [6, 6.07) is 0. The third kappa shape index (κ3) is 21.4. The van der Waals surface area contributed by atoms with Gasteiger partial charge < -0.3 is 10.5 Å². The summed E-state index contributed by atoms with van der Waals surface area (Å²) in [4.78, 5) is 8.75. The molecule has 0 aromatic rings. The minimum absolute atomic E-state index is 0. The van der Waals surface area contributed by atoms with Gasteiger partial charge >= 0.3 is 0 Å². The molecule has 0 aromatic carbocycles. The van der Waals surface area contributed by atoms with E-state index in [1.165, 1.54) is 5.73 Å². The summed E-state index contributed by atoms with van der Waals surface area (Å²) in [5.41, 5.74) is 1.38. The SMILES string of the molecule is [3H]N[C-]=O.[U]. The second kappa shape index (κ2) is 9.67. The van der Waals surface area contributed by atoms with Crippen LogP contribution in [0.4, 0.5) is 0 Å². The van der Waals surface area contributed by atoms with Crippen molar-refractivity contribution >= 4 is 6.41 Å². The van der Waals surface area contributed by atoms with Crippen molar-refractivity contribution in [2.45, 2.75) is 0 Å². The molecule has 0 aliphatic rings. The van der Waals surface area contributed by atoms with Gasteiger partial charge in [0.05, 0.1) is 0 Å². The van der Waals surface area contributed by atoms with Crippen LogP contribution < -0.4 is 5.73 Å². The molecule has 0 heterocycles. The van der Waals surface area contributed by atoms with Gasteiger partial charge in [-0.1, -0.05) is 0 Å². The van der Waals surface area contributed by atoms with Crippen molar-refractivity contribution < 1.29 is 37.3 Å². The van der Waals surface area contributed by atoms with Crippen molar-refractivity contribution in [1.29, 1.82) is 0 Å². The number of hydrogen-bond donors (Lipinski definition) is 1. The smallest absolute Gasteiger partial charge is 0.118 e. The molecule has 2 N–H and O–H groups in total. The number of rotatable bonds is 1. The van der Waals surface area contributed by atoms with E-state index < -0.39 is 0 Å². The molecule has 0 aliphatic heterocycles. The summed E-state index contributed by atoms with van der Waals surface area (Å²) in [6.07, 6.45) is 1.10. The summed E-state index contributed by atoms with van der Waals surface area (Å²) in [6.45, 7) is 0. The van der Waals surface area contributed by atoms with Crippen molar-refractivity contribution in [3.63, 3.8) is 0 Å². The van der Waals surface area contributed by atoms with Crippen LogP contribution in [0.1, 0.15) is 0 Å². The molecule has 0 spiro atoms. The second-order valence-electron chi connectivity index (χ2n) is 0.102. The van der Waals surface area contributed by atoms with Gasteiger partial charge in [-0.15, -0.1) is 0 Å². The fourth-order valence-electron chi connectivity index (χ4n) is 0. The summed E-state index contributed by atoms with van der Waals surface area (Å²) in [7, 11) is 0. The van der Waals surface area contributed by atoms with Crippen LogP contribution in [0.25, 0.3) is 0 Å². The maximum Gasteiger partial charge on any atom is 0.118 e. The van der Waals surface area contributed by atoms with Gasteiger partial charge in [-0.05, 0) is 0 Å². The number of amides is 1. The summed E-state index contributed by atoms with van der Waals surface area (Å²) in [5, 5.41) is 0. The normalized spacial score (nSPS) is 5.50. The molecule has 0 aromatic heterocycles. The first-order valence-corrected chi connectivity index (χ1v) is 0.454. The Kier molecular flexibility index (Phi) is 10.9. The van der Waals surface area contributed by atoms with Crippen LogP contribution in [0.2, 0.25) is 1.41 Å². The Morgan fingerprint density at radius 1 is 2.25 bits per heavy atom. The molecule has 22 valence electrons. The fraction of sp³-hybridized carbons (Fsp3) is 0. The monoisotopic (exact) mass is 284 g/mol. The third-order valence-corrected chi connectivity index (χ3v) is 0. The Morgan fingerprint density at radius 3 is 2.50 bits per heavy atom. The third-order valence-electron chi connectivity index (χ3n) is 0. The minimum Gasteiger partial charge on any atom is -0.543 e.